The zero-order valence-electron chi connectivity index (χ0n) is 10.4. The van der Waals surface area contributed by atoms with Gasteiger partial charge >= 0.3 is 0 Å². The van der Waals surface area contributed by atoms with Crippen LogP contribution in [-0.4, -0.2) is 16.4 Å². The molecule has 1 aliphatic heterocycles. The fourth-order valence-corrected chi connectivity index (χ4v) is 3.04. The van der Waals surface area contributed by atoms with Crippen molar-refractivity contribution in [3.8, 4) is 5.69 Å². The van der Waals surface area contributed by atoms with Gasteiger partial charge in [-0.1, -0.05) is 11.6 Å². The topological polar surface area (TPSA) is 53.1 Å². The number of nitrogen functional groups attached to an aromatic ring is 1. The predicted molar refractivity (Wildman–Crippen MR) is 78.8 cm³/mol. The van der Waals surface area contributed by atoms with Crippen LogP contribution < -0.4 is 5.73 Å². The number of rotatable bonds is 1. The zero-order valence-corrected chi connectivity index (χ0v) is 12.8. The summed E-state index contributed by atoms with van der Waals surface area (Å²) < 4.78 is 8.24. The predicted octanol–water partition coefficient (Wildman–Crippen LogP) is 3.25. The molecule has 0 saturated heterocycles. The van der Waals surface area contributed by atoms with Crippen molar-refractivity contribution < 1.29 is 4.74 Å². The molecular weight excluding hydrogens is 330 g/mol. The van der Waals surface area contributed by atoms with E-state index in [0.29, 0.717) is 24.1 Å². The SMILES string of the molecule is Cc1cc(Br)c(-n2nc(N)c3c2CCOC3)cc1Cl. The number of nitrogens with zero attached hydrogens (tertiary/aromatic N) is 2. The fraction of sp³-hybridized carbons (Fsp3) is 0.308. The van der Waals surface area contributed by atoms with Crippen molar-refractivity contribution in [1.82, 2.24) is 9.78 Å². The summed E-state index contributed by atoms with van der Waals surface area (Å²) >= 11 is 9.77. The second-order valence-corrected chi connectivity index (χ2v) is 5.84. The van der Waals surface area contributed by atoms with Gasteiger partial charge in [0.25, 0.3) is 0 Å². The molecule has 0 spiro atoms. The molecule has 0 radical (unpaired) electrons. The molecule has 0 amide bonds. The van der Waals surface area contributed by atoms with Crippen molar-refractivity contribution in [3.63, 3.8) is 0 Å². The Morgan fingerprint density at radius 1 is 1.47 bits per heavy atom. The molecule has 1 aromatic heterocycles. The summed E-state index contributed by atoms with van der Waals surface area (Å²) in [7, 11) is 0. The lowest BCUT2D eigenvalue weighted by Gasteiger charge is -2.16. The Labute approximate surface area is 124 Å². The molecule has 0 bridgehead atoms. The number of fused-ring (bicyclic) bond motifs is 1. The highest BCUT2D eigenvalue weighted by Gasteiger charge is 2.21. The summed E-state index contributed by atoms with van der Waals surface area (Å²) in [6.07, 6.45) is 0.803. The van der Waals surface area contributed by atoms with Crippen LogP contribution in [0.2, 0.25) is 5.02 Å². The summed E-state index contributed by atoms with van der Waals surface area (Å²) in [4.78, 5) is 0. The van der Waals surface area contributed by atoms with E-state index in [0.717, 1.165) is 33.4 Å². The van der Waals surface area contributed by atoms with E-state index in [9.17, 15) is 0 Å². The first-order valence-corrected chi connectivity index (χ1v) is 7.15. The maximum Gasteiger partial charge on any atom is 0.151 e. The van der Waals surface area contributed by atoms with Gasteiger partial charge in [-0.05, 0) is 40.5 Å². The molecule has 6 heteroatoms. The number of halogens is 2. The molecule has 1 aromatic carbocycles. The van der Waals surface area contributed by atoms with Crippen LogP contribution in [0.4, 0.5) is 5.82 Å². The minimum atomic E-state index is 0.526. The quantitative estimate of drug-likeness (QED) is 0.865. The van der Waals surface area contributed by atoms with E-state index in [2.05, 4.69) is 21.0 Å². The highest BCUT2D eigenvalue weighted by Crippen LogP contribution is 2.32. The Kier molecular flexibility index (Phi) is 3.28. The molecule has 19 heavy (non-hydrogen) atoms. The fourth-order valence-electron chi connectivity index (χ4n) is 2.26. The Balaban J connectivity index is 2.20. The third-order valence-electron chi connectivity index (χ3n) is 3.31. The van der Waals surface area contributed by atoms with Crippen LogP contribution in [0, 0.1) is 6.92 Å². The van der Waals surface area contributed by atoms with Gasteiger partial charge in [-0.15, -0.1) is 0 Å². The van der Waals surface area contributed by atoms with Crippen LogP contribution in [0.15, 0.2) is 16.6 Å². The lowest BCUT2D eigenvalue weighted by atomic mass is 10.1. The van der Waals surface area contributed by atoms with Crippen molar-refractivity contribution in [2.24, 2.45) is 0 Å². The lowest BCUT2D eigenvalue weighted by Crippen LogP contribution is -2.13. The van der Waals surface area contributed by atoms with Gasteiger partial charge < -0.3 is 10.5 Å². The minimum Gasteiger partial charge on any atom is -0.382 e. The van der Waals surface area contributed by atoms with Crippen molar-refractivity contribution in [2.75, 3.05) is 12.3 Å². The van der Waals surface area contributed by atoms with Gasteiger partial charge in [-0.2, -0.15) is 5.10 Å². The Morgan fingerprint density at radius 2 is 2.26 bits per heavy atom. The third-order valence-corrected chi connectivity index (χ3v) is 4.35. The monoisotopic (exact) mass is 341 g/mol. The Hall–Kier alpha value is -1.04. The van der Waals surface area contributed by atoms with E-state index < -0.39 is 0 Å². The van der Waals surface area contributed by atoms with Crippen LogP contribution in [0.1, 0.15) is 16.8 Å². The third kappa shape index (κ3) is 2.16. The molecule has 0 fully saturated rings. The largest absolute Gasteiger partial charge is 0.382 e. The van der Waals surface area contributed by atoms with E-state index in [4.69, 9.17) is 22.1 Å². The van der Waals surface area contributed by atoms with Crippen molar-refractivity contribution in [3.05, 3.63) is 38.4 Å². The number of hydrogen-bond acceptors (Lipinski definition) is 3. The summed E-state index contributed by atoms with van der Waals surface area (Å²) in [5.74, 6) is 0.526. The molecule has 0 saturated carbocycles. The van der Waals surface area contributed by atoms with E-state index in [-0.39, 0.29) is 0 Å². The van der Waals surface area contributed by atoms with Gasteiger partial charge in [0.1, 0.15) is 0 Å². The number of anilines is 1. The van der Waals surface area contributed by atoms with Gasteiger partial charge in [-0.3, -0.25) is 0 Å². The molecule has 3 rings (SSSR count). The lowest BCUT2D eigenvalue weighted by molar-refractivity contribution is 0.110. The Morgan fingerprint density at radius 3 is 3.05 bits per heavy atom. The number of ether oxygens (including phenoxy) is 1. The van der Waals surface area contributed by atoms with E-state index in [1.54, 1.807) is 0 Å². The molecule has 0 atom stereocenters. The van der Waals surface area contributed by atoms with Gasteiger partial charge in [0.2, 0.25) is 0 Å². The Bertz CT molecular complexity index is 654. The smallest absolute Gasteiger partial charge is 0.151 e. The maximum atomic E-state index is 6.21. The molecule has 100 valence electrons. The molecule has 2 aromatic rings. The normalized spacial score (nSPS) is 14.5. The van der Waals surface area contributed by atoms with Gasteiger partial charge in [0.05, 0.1) is 24.6 Å². The summed E-state index contributed by atoms with van der Waals surface area (Å²) in [6, 6.07) is 3.89. The van der Waals surface area contributed by atoms with E-state index in [1.807, 2.05) is 23.7 Å². The molecular formula is C13H13BrClN3O. The number of aromatic nitrogens is 2. The molecule has 4 nitrogen and oxygen atoms in total. The maximum absolute atomic E-state index is 6.21. The molecule has 2 N–H and O–H groups in total. The molecule has 1 aliphatic rings. The van der Waals surface area contributed by atoms with Crippen molar-refractivity contribution in [1.29, 1.82) is 0 Å². The number of hydrogen-bond donors (Lipinski definition) is 1. The van der Waals surface area contributed by atoms with Gasteiger partial charge in [0.15, 0.2) is 5.82 Å². The molecule has 0 unspecified atom stereocenters. The number of benzene rings is 1. The first-order valence-electron chi connectivity index (χ1n) is 5.98. The second-order valence-electron chi connectivity index (χ2n) is 4.58. The van der Waals surface area contributed by atoms with Crippen LogP contribution in [-0.2, 0) is 17.8 Å². The van der Waals surface area contributed by atoms with Crippen LogP contribution in [0.3, 0.4) is 0 Å². The average Bonchev–Trinajstić information content (AvgIpc) is 2.72. The first-order chi connectivity index (χ1) is 9.08. The highest BCUT2D eigenvalue weighted by atomic mass is 79.9. The minimum absolute atomic E-state index is 0.526. The van der Waals surface area contributed by atoms with Crippen LogP contribution in [0.25, 0.3) is 5.69 Å². The molecule has 0 aliphatic carbocycles. The highest BCUT2D eigenvalue weighted by molar-refractivity contribution is 9.10. The van der Waals surface area contributed by atoms with Crippen molar-refractivity contribution >= 4 is 33.3 Å². The zero-order chi connectivity index (χ0) is 13.6. The standard InChI is InChI=1S/C13H13BrClN3O/c1-7-4-9(14)12(5-10(7)15)18-11-2-3-19-6-8(11)13(16)17-18/h4-5H,2-3,6H2,1H3,(H2,16,17). The number of aryl methyl sites for hydroxylation is 1. The van der Waals surface area contributed by atoms with Crippen molar-refractivity contribution in [2.45, 2.75) is 20.0 Å². The summed E-state index contributed by atoms with van der Waals surface area (Å²) in [6.45, 7) is 3.19. The average molecular weight is 343 g/mol. The van der Waals surface area contributed by atoms with E-state index in [1.165, 1.54) is 0 Å². The van der Waals surface area contributed by atoms with Crippen LogP contribution in [0.5, 0.6) is 0 Å². The summed E-state index contributed by atoms with van der Waals surface area (Å²) in [5.41, 5.74) is 9.97. The molecule has 2 heterocycles. The van der Waals surface area contributed by atoms with Gasteiger partial charge in [-0.25, -0.2) is 4.68 Å². The number of nitrogens with two attached hydrogens (primary N) is 1. The van der Waals surface area contributed by atoms with Crippen LogP contribution >= 0.6 is 27.5 Å². The second kappa shape index (κ2) is 4.81. The van der Waals surface area contributed by atoms with E-state index >= 15 is 0 Å². The first kappa shape index (κ1) is 13.0. The van der Waals surface area contributed by atoms with Gasteiger partial charge in [0, 0.05) is 21.5 Å². The summed E-state index contributed by atoms with van der Waals surface area (Å²) in [5, 5.41) is 5.14.